The van der Waals surface area contributed by atoms with E-state index in [0.717, 1.165) is 12.8 Å². The van der Waals surface area contributed by atoms with Crippen LogP contribution in [0.5, 0.6) is 0 Å². The Bertz CT molecular complexity index is 1200. The first kappa shape index (κ1) is 27.9. The van der Waals surface area contributed by atoms with Gasteiger partial charge in [0.25, 0.3) is 5.91 Å². The second-order valence-corrected chi connectivity index (χ2v) is 11.0. The molecule has 38 heavy (non-hydrogen) atoms. The van der Waals surface area contributed by atoms with E-state index in [0.29, 0.717) is 28.5 Å². The molecule has 2 aliphatic rings. The topological polar surface area (TPSA) is 116 Å². The number of rotatable bonds is 8. The monoisotopic (exact) mass is 559 g/mol. The number of piperidine rings is 1. The summed E-state index contributed by atoms with van der Waals surface area (Å²) in [6.07, 6.45) is 6.68. The molecule has 2 fully saturated rings. The number of aromatic carboxylic acids is 1. The molecule has 3 N–H and O–H groups in total. The maximum absolute atomic E-state index is 13.6. The number of hydrogen-bond donors (Lipinski definition) is 3. The molecular weight excluding hydrogens is 529 g/mol. The van der Waals surface area contributed by atoms with Crippen LogP contribution in [0.3, 0.4) is 0 Å². The molecule has 0 aromatic heterocycles. The Morgan fingerprint density at radius 2 is 1.58 bits per heavy atom. The summed E-state index contributed by atoms with van der Waals surface area (Å²) in [4.78, 5) is 52.6. The van der Waals surface area contributed by atoms with Crippen LogP contribution in [0.4, 0.5) is 5.69 Å². The van der Waals surface area contributed by atoms with Crippen molar-refractivity contribution in [3.8, 4) is 0 Å². The average molecular weight is 560 g/mol. The molecule has 0 radical (unpaired) electrons. The molecule has 4 rings (SSSR count). The van der Waals surface area contributed by atoms with Crippen LogP contribution in [0.1, 0.15) is 72.1 Å². The Labute approximate surface area is 231 Å². The Kier molecular flexibility index (Phi) is 8.95. The average Bonchev–Trinajstić information content (AvgIpc) is 3.33. The molecule has 10 heteroatoms. The highest BCUT2D eigenvalue weighted by Gasteiger charge is 2.39. The van der Waals surface area contributed by atoms with Gasteiger partial charge in [0.1, 0.15) is 6.04 Å². The maximum atomic E-state index is 13.6. The van der Waals surface area contributed by atoms with Crippen LogP contribution < -0.4 is 10.6 Å². The molecule has 202 valence electrons. The Balaban J connectivity index is 1.45. The number of nitrogens with zero attached hydrogens (tertiary/aromatic N) is 1. The summed E-state index contributed by atoms with van der Waals surface area (Å²) < 4.78 is 0. The van der Waals surface area contributed by atoms with Gasteiger partial charge in [-0.1, -0.05) is 48.2 Å². The lowest BCUT2D eigenvalue weighted by molar-refractivity contribution is -0.135. The molecule has 1 saturated carbocycles. The van der Waals surface area contributed by atoms with Gasteiger partial charge in [0.05, 0.1) is 11.3 Å². The second kappa shape index (κ2) is 12.2. The van der Waals surface area contributed by atoms with Crippen LogP contribution in [0.25, 0.3) is 0 Å². The number of carbonyl (C=O) groups excluding carboxylic acids is 3. The largest absolute Gasteiger partial charge is 0.478 e. The summed E-state index contributed by atoms with van der Waals surface area (Å²) in [5, 5.41) is 15.3. The summed E-state index contributed by atoms with van der Waals surface area (Å²) in [5.74, 6) is -2.38. The molecule has 1 aliphatic heterocycles. The quantitative estimate of drug-likeness (QED) is 0.400. The van der Waals surface area contributed by atoms with Gasteiger partial charge in [-0.25, -0.2) is 4.79 Å². The summed E-state index contributed by atoms with van der Waals surface area (Å²) in [5.41, 5.74) is 0.672. The zero-order chi connectivity index (χ0) is 27.3. The third kappa shape index (κ3) is 6.85. The van der Waals surface area contributed by atoms with E-state index in [1.165, 1.54) is 56.0 Å². The van der Waals surface area contributed by atoms with Gasteiger partial charge in [-0.3, -0.25) is 14.4 Å². The predicted octanol–water partition coefficient (Wildman–Crippen LogP) is 5.39. The van der Waals surface area contributed by atoms with E-state index in [1.807, 2.05) is 0 Å². The minimum atomic E-state index is -1.16. The van der Waals surface area contributed by atoms with E-state index >= 15 is 0 Å². The second-order valence-electron chi connectivity index (χ2n) is 10.2. The van der Waals surface area contributed by atoms with Crippen LogP contribution in [-0.4, -0.2) is 52.8 Å². The van der Waals surface area contributed by atoms with Crippen LogP contribution in [0.2, 0.25) is 10.0 Å². The van der Waals surface area contributed by atoms with Gasteiger partial charge in [0, 0.05) is 35.1 Å². The minimum absolute atomic E-state index is 0.0335. The molecule has 1 aliphatic carbocycles. The van der Waals surface area contributed by atoms with Gasteiger partial charge in [0.15, 0.2) is 0 Å². The summed E-state index contributed by atoms with van der Waals surface area (Å²) >= 11 is 12.1. The van der Waals surface area contributed by atoms with Gasteiger partial charge in [-0.15, -0.1) is 0 Å². The van der Waals surface area contributed by atoms with E-state index in [4.69, 9.17) is 23.2 Å². The van der Waals surface area contributed by atoms with Gasteiger partial charge < -0.3 is 20.6 Å². The van der Waals surface area contributed by atoms with E-state index in [1.54, 1.807) is 17.0 Å². The zero-order valence-corrected chi connectivity index (χ0v) is 22.5. The molecule has 2 aromatic carbocycles. The zero-order valence-electron chi connectivity index (χ0n) is 21.0. The van der Waals surface area contributed by atoms with Crippen molar-refractivity contribution < 1.29 is 24.3 Å². The standard InChI is InChI=1S/C28H31Cl2N3O5/c29-19-15-18(16-20(30)17-19)25(35)32-23(26(36)33-13-11-28(12-14-33)9-3-4-10-28)7-8-24(34)31-22-6-2-1-5-21(22)27(37)38/h1-2,5-6,15-17,23H,3-4,7-14H2,(H,31,34)(H,32,35)(H,37,38)/t23-/m1/s1. The Morgan fingerprint density at radius 1 is 0.947 bits per heavy atom. The number of carbonyl (C=O) groups is 4. The van der Waals surface area contributed by atoms with Gasteiger partial charge >= 0.3 is 5.97 Å². The Morgan fingerprint density at radius 3 is 2.21 bits per heavy atom. The third-order valence-corrected chi connectivity index (χ3v) is 8.06. The molecule has 1 atom stereocenters. The van der Waals surface area contributed by atoms with Crippen LogP contribution in [0, 0.1) is 5.41 Å². The van der Waals surface area contributed by atoms with Crippen molar-refractivity contribution in [1.29, 1.82) is 0 Å². The molecule has 8 nitrogen and oxygen atoms in total. The van der Waals surface area contributed by atoms with Crippen molar-refractivity contribution in [2.24, 2.45) is 5.41 Å². The SMILES string of the molecule is O=C(CC[C@@H](NC(=O)c1cc(Cl)cc(Cl)c1)C(=O)N1CCC2(CCCC2)CC1)Nc1ccccc1C(=O)O. The predicted molar refractivity (Wildman–Crippen MR) is 146 cm³/mol. The molecule has 3 amide bonds. The van der Waals surface area contributed by atoms with Crippen molar-refractivity contribution in [3.63, 3.8) is 0 Å². The number of carboxylic acids is 1. The highest BCUT2D eigenvalue weighted by molar-refractivity contribution is 6.35. The molecule has 1 heterocycles. The van der Waals surface area contributed by atoms with Crippen molar-refractivity contribution >= 4 is 52.6 Å². The van der Waals surface area contributed by atoms with Crippen LogP contribution in [-0.2, 0) is 9.59 Å². The van der Waals surface area contributed by atoms with Gasteiger partial charge in [-0.2, -0.15) is 0 Å². The van der Waals surface area contributed by atoms with E-state index < -0.39 is 23.8 Å². The molecule has 1 spiro atoms. The van der Waals surface area contributed by atoms with Gasteiger partial charge in [-0.05, 0) is 67.9 Å². The maximum Gasteiger partial charge on any atom is 0.337 e. The smallest absolute Gasteiger partial charge is 0.337 e. The van der Waals surface area contributed by atoms with Gasteiger partial charge in [0.2, 0.25) is 11.8 Å². The number of amides is 3. The lowest BCUT2D eigenvalue weighted by Gasteiger charge is -2.40. The number of halogens is 2. The summed E-state index contributed by atoms with van der Waals surface area (Å²) in [7, 11) is 0. The molecular formula is C28H31Cl2N3O5. The number of nitrogens with one attached hydrogen (secondary N) is 2. The molecule has 1 saturated heterocycles. The van der Waals surface area contributed by atoms with Crippen molar-refractivity contribution in [3.05, 3.63) is 63.6 Å². The highest BCUT2D eigenvalue weighted by Crippen LogP contribution is 2.46. The number of anilines is 1. The molecule has 2 aromatic rings. The first-order chi connectivity index (χ1) is 18.2. The third-order valence-electron chi connectivity index (χ3n) is 7.62. The number of likely N-dealkylation sites (tertiary alicyclic amines) is 1. The first-order valence-electron chi connectivity index (χ1n) is 12.8. The van der Waals surface area contributed by atoms with Crippen molar-refractivity contribution in [2.75, 3.05) is 18.4 Å². The minimum Gasteiger partial charge on any atom is -0.478 e. The molecule has 0 bridgehead atoms. The lowest BCUT2D eigenvalue weighted by Crippen LogP contribution is -2.52. The number of hydrogen-bond acceptors (Lipinski definition) is 4. The number of para-hydroxylation sites is 1. The van der Waals surface area contributed by atoms with Crippen molar-refractivity contribution in [2.45, 2.75) is 57.4 Å². The van der Waals surface area contributed by atoms with E-state index in [-0.39, 0.29) is 35.6 Å². The Hall–Kier alpha value is -3.10. The number of carboxylic acid groups (broad SMARTS) is 1. The fraction of sp³-hybridized carbons (Fsp3) is 0.429. The first-order valence-corrected chi connectivity index (χ1v) is 13.6. The summed E-state index contributed by atoms with van der Waals surface area (Å²) in [6, 6.07) is 9.58. The lowest BCUT2D eigenvalue weighted by atomic mass is 9.77. The number of benzene rings is 2. The van der Waals surface area contributed by atoms with E-state index in [9.17, 15) is 24.3 Å². The fourth-order valence-corrected chi connectivity index (χ4v) is 6.02. The normalized spacial score (nSPS) is 17.2. The summed E-state index contributed by atoms with van der Waals surface area (Å²) in [6.45, 7) is 1.23. The van der Waals surface area contributed by atoms with Crippen LogP contribution in [0.15, 0.2) is 42.5 Å². The van der Waals surface area contributed by atoms with Crippen molar-refractivity contribution in [1.82, 2.24) is 10.2 Å². The fourth-order valence-electron chi connectivity index (χ4n) is 5.50. The highest BCUT2D eigenvalue weighted by atomic mass is 35.5. The molecule has 0 unspecified atom stereocenters. The van der Waals surface area contributed by atoms with Crippen LogP contribution >= 0.6 is 23.2 Å². The van der Waals surface area contributed by atoms with E-state index in [2.05, 4.69) is 10.6 Å².